The summed E-state index contributed by atoms with van der Waals surface area (Å²) in [7, 11) is 0. The molecule has 1 aromatic carbocycles. The van der Waals surface area contributed by atoms with Crippen LogP contribution in [0.1, 0.15) is 5.56 Å². The van der Waals surface area contributed by atoms with Crippen LogP contribution in [-0.4, -0.2) is 23.9 Å². The molecule has 2 rings (SSSR count). The number of thioether (sulfide) groups is 1. The molecule has 0 amide bonds. The first-order valence-electron chi connectivity index (χ1n) is 5.05. The van der Waals surface area contributed by atoms with Gasteiger partial charge in [0.25, 0.3) is 0 Å². The SMILES string of the molecule is CSCc1coc2c(OCC(=O)O)cccc12. The lowest BCUT2D eigenvalue weighted by Gasteiger charge is -2.03. The Morgan fingerprint density at radius 1 is 1.53 bits per heavy atom. The number of benzene rings is 1. The summed E-state index contributed by atoms with van der Waals surface area (Å²) in [6.07, 6.45) is 3.71. The minimum absolute atomic E-state index is 0.363. The predicted molar refractivity (Wildman–Crippen MR) is 66.6 cm³/mol. The minimum atomic E-state index is -1.00. The van der Waals surface area contributed by atoms with E-state index in [1.807, 2.05) is 18.4 Å². The van der Waals surface area contributed by atoms with Gasteiger partial charge in [0.15, 0.2) is 17.9 Å². The molecule has 4 nitrogen and oxygen atoms in total. The van der Waals surface area contributed by atoms with Crippen molar-refractivity contribution in [3.63, 3.8) is 0 Å². The third-order valence-electron chi connectivity index (χ3n) is 2.29. The first-order chi connectivity index (χ1) is 8.22. The summed E-state index contributed by atoms with van der Waals surface area (Å²) in [6, 6.07) is 5.48. The zero-order chi connectivity index (χ0) is 12.3. The van der Waals surface area contributed by atoms with Gasteiger partial charge in [0, 0.05) is 16.7 Å². The van der Waals surface area contributed by atoms with Gasteiger partial charge in [-0.25, -0.2) is 4.79 Å². The van der Waals surface area contributed by atoms with Crippen molar-refractivity contribution in [2.45, 2.75) is 5.75 Å². The number of carbonyl (C=O) groups is 1. The van der Waals surface area contributed by atoms with Crippen LogP contribution in [0.25, 0.3) is 11.0 Å². The molecule has 0 radical (unpaired) electrons. The number of para-hydroxylation sites is 1. The van der Waals surface area contributed by atoms with Crippen LogP contribution in [0, 0.1) is 0 Å². The van der Waals surface area contributed by atoms with E-state index < -0.39 is 5.97 Å². The summed E-state index contributed by atoms with van der Waals surface area (Å²) in [4.78, 5) is 10.5. The maximum Gasteiger partial charge on any atom is 0.341 e. The third kappa shape index (κ3) is 2.55. The van der Waals surface area contributed by atoms with Crippen molar-refractivity contribution in [2.24, 2.45) is 0 Å². The van der Waals surface area contributed by atoms with Crippen LogP contribution in [0.5, 0.6) is 5.75 Å². The average molecular weight is 252 g/mol. The van der Waals surface area contributed by atoms with Crippen LogP contribution < -0.4 is 4.74 Å². The van der Waals surface area contributed by atoms with Gasteiger partial charge in [0.1, 0.15) is 0 Å². The Morgan fingerprint density at radius 3 is 3.06 bits per heavy atom. The van der Waals surface area contributed by atoms with Crippen molar-refractivity contribution in [3.05, 3.63) is 30.0 Å². The molecule has 17 heavy (non-hydrogen) atoms. The predicted octanol–water partition coefficient (Wildman–Crippen LogP) is 2.76. The van der Waals surface area contributed by atoms with Gasteiger partial charge >= 0.3 is 5.97 Å². The molecule has 1 aromatic heterocycles. The van der Waals surface area contributed by atoms with Gasteiger partial charge in [-0.1, -0.05) is 12.1 Å². The highest BCUT2D eigenvalue weighted by molar-refractivity contribution is 7.97. The van der Waals surface area contributed by atoms with Crippen molar-refractivity contribution >= 4 is 28.7 Å². The van der Waals surface area contributed by atoms with E-state index in [1.165, 1.54) is 0 Å². The summed E-state index contributed by atoms with van der Waals surface area (Å²) >= 11 is 1.70. The molecule has 5 heteroatoms. The first kappa shape index (κ1) is 11.9. The minimum Gasteiger partial charge on any atom is -0.479 e. The number of aliphatic carboxylic acids is 1. The monoisotopic (exact) mass is 252 g/mol. The maximum absolute atomic E-state index is 10.5. The highest BCUT2D eigenvalue weighted by Crippen LogP contribution is 2.31. The molecule has 0 fully saturated rings. The second-order valence-corrected chi connectivity index (χ2v) is 4.38. The average Bonchev–Trinajstić information content (AvgIpc) is 2.71. The van der Waals surface area contributed by atoms with E-state index in [9.17, 15) is 4.79 Å². The van der Waals surface area contributed by atoms with E-state index >= 15 is 0 Å². The number of rotatable bonds is 5. The van der Waals surface area contributed by atoms with Crippen LogP contribution in [0.3, 0.4) is 0 Å². The first-order valence-corrected chi connectivity index (χ1v) is 6.44. The number of ether oxygens (including phenoxy) is 1. The van der Waals surface area contributed by atoms with Crippen LogP contribution in [0.15, 0.2) is 28.9 Å². The topological polar surface area (TPSA) is 59.7 Å². The van der Waals surface area contributed by atoms with Crippen molar-refractivity contribution < 1.29 is 19.1 Å². The molecule has 1 N–H and O–H groups in total. The quantitative estimate of drug-likeness (QED) is 0.886. The molecular weight excluding hydrogens is 240 g/mol. The highest BCUT2D eigenvalue weighted by Gasteiger charge is 2.11. The van der Waals surface area contributed by atoms with Gasteiger partial charge < -0.3 is 14.3 Å². The normalized spacial score (nSPS) is 10.6. The largest absolute Gasteiger partial charge is 0.479 e. The second-order valence-electron chi connectivity index (χ2n) is 3.51. The zero-order valence-corrected chi connectivity index (χ0v) is 10.1. The zero-order valence-electron chi connectivity index (χ0n) is 9.30. The fourth-order valence-electron chi connectivity index (χ4n) is 1.60. The third-order valence-corrected chi connectivity index (χ3v) is 2.89. The number of hydrogen-bond acceptors (Lipinski definition) is 4. The summed E-state index contributed by atoms with van der Waals surface area (Å²) in [6.45, 7) is -0.363. The van der Waals surface area contributed by atoms with E-state index in [0.717, 1.165) is 16.7 Å². The van der Waals surface area contributed by atoms with Gasteiger partial charge in [-0.3, -0.25) is 0 Å². The van der Waals surface area contributed by atoms with Gasteiger partial charge in [-0.2, -0.15) is 11.8 Å². The number of fused-ring (bicyclic) bond motifs is 1. The van der Waals surface area contributed by atoms with E-state index in [-0.39, 0.29) is 6.61 Å². The number of furan rings is 1. The van der Waals surface area contributed by atoms with E-state index in [2.05, 4.69) is 0 Å². The Morgan fingerprint density at radius 2 is 2.35 bits per heavy atom. The molecule has 0 aliphatic carbocycles. The lowest BCUT2D eigenvalue weighted by molar-refractivity contribution is -0.139. The Balaban J connectivity index is 2.34. The number of hydrogen-bond donors (Lipinski definition) is 1. The molecule has 0 saturated carbocycles. The summed E-state index contributed by atoms with van der Waals surface area (Å²) in [5.41, 5.74) is 1.70. The smallest absolute Gasteiger partial charge is 0.341 e. The van der Waals surface area contributed by atoms with E-state index in [4.69, 9.17) is 14.3 Å². The van der Waals surface area contributed by atoms with E-state index in [0.29, 0.717) is 11.3 Å². The lowest BCUT2D eigenvalue weighted by Crippen LogP contribution is -2.09. The van der Waals surface area contributed by atoms with Crippen LogP contribution >= 0.6 is 11.8 Å². The van der Waals surface area contributed by atoms with Gasteiger partial charge in [-0.15, -0.1) is 0 Å². The molecule has 2 aromatic rings. The number of carboxylic acids is 1. The van der Waals surface area contributed by atoms with Gasteiger partial charge in [-0.05, 0) is 12.3 Å². The van der Waals surface area contributed by atoms with Crippen molar-refractivity contribution in [1.29, 1.82) is 0 Å². The lowest BCUT2D eigenvalue weighted by atomic mass is 10.2. The summed E-state index contributed by atoms with van der Waals surface area (Å²) in [5.74, 6) is 0.324. The van der Waals surface area contributed by atoms with Crippen LogP contribution in [-0.2, 0) is 10.5 Å². The Labute approximate surface area is 103 Å². The van der Waals surface area contributed by atoms with Crippen molar-refractivity contribution in [1.82, 2.24) is 0 Å². The van der Waals surface area contributed by atoms with Crippen molar-refractivity contribution in [2.75, 3.05) is 12.9 Å². The summed E-state index contributed by atoms with van der Waals surface area (Å²) < 4.78 is 10.6. The second kappa shape index (κ2) is 5.14. The fraction of sp³-hybridized carbons (Fsp3) is 0.250. The molecular formula is C12H12O4S. The Kier molecular flexibility index (Phi) is 3.58. The molecule has 0 bridgehead atoms. The highest BCUT2D eigenvalue weighted by atomic mass is 32.2. The van der Waals surface area contributed by atoms with Gasteiger partial charge in [0.2, 0.25) is 0 Å². The standard InChI is InChI=1S/C12H12O4S/c1-17-7-8-5-16-12-9(8)3-2-4-10(12)15-6-11(13)14/h2-5H,6-7H2,1H3,(H,13,14). The molecule has 0 atom stereocenters. The van der Waals surface area contributed by atoms with Gasteiger partial charge in [0.05, 0.1) is 6.26 Å². The maximum atomic E-state index is 10.5. The fourth-order valence-corrected chi connectivity index (χ4v) is 2.14. The summed E-state index contributed by atoms with van der Waals surface area (Å²) in [5, 5.41) is 9.55. The molecule has 0 saturated heterocycles. The molecule has 0 unspecified atom stereocenters. The molecule has 1 heterocycles. The molecule has 90 valence electrons. The molecule has 0 spiro atoms. The molecule has 0 aliphatic heterocycles. The van der Waals surface area contributed by atoms with E-state index in [1.54, 1.807) is 24.1 Å². The van der Waals surface area contributed by atoms with Crippen LogP contribution in [0.2, 0.25) is 0 Å². The van der Waals surface area contributed by atoms with Crippen molar-refractivity contribution in [3.8, 4) is 5.75 Å². The Bertz CT molecular complexity index is 532. The molecule has 0 aliphatic rings. The number of carboxylic acid groups (broad SMARTS) is 1. The van der Waals surface area contributed by atoms with Crippen LogP contribution in [0.4, 0.5) is 0 Å². The Hall–Kier alpha value is -1.62.